The molecule has 0 aliphatic carbocycles. The average molecular weight is 609 g/mol. The van der Waals surface area contributed by atoms with Crippen molar-refractivity contribution in [3.8, 4) is 0 Å². The van der Waals surface area contributed by atoms with E-state index in [1.807, 2.05) is 12.1 Å². The molecule has 46 heavy (non-hydrogen) atoms. The molecule has 0 saturated heterocycles. The molecule has 0 amide bonds. The Morgan fingerprint density at radius 2 is 1.26 bits per heavy atom. The fraction of sp³-hybridized carbons (Fsp3) is 0.0270. The summed E-state index contributed by atoms with van der Waals surface area (Å²) in [6.07, 6.45) is 9.00. The molecule has 224 valence electrons. The molecule has 7 rings (SSSR count). The van der Waals surface area contributed by atoms with Crippen LogP contribution in [0, 0.1) is 5.82 Å². The predicted octanol–water partition coefficient (Wildman–Crippen LogP) is 5.97. The van der Waals surface area contributed by atoms with Crippen molar-refractivity contribution < 1.29 is 14.0 Å². The molecule has 0 atom stereocenters. The lowest BCUT2D eigenvalue weighted by atomic mass is 10.0. The Hall–Kier alpha value is -6.35. The maximum atomic E-state index is 14.1. The Labute approximate surface area is 261 Å². The van der Waals surface area contributed by atoms with E-state index in [9.17, 15) is 23.6 Å². The molecule has 0 radical (unpaired) electrons. The maximum absolute atomic E-state index is 14.1. The summed E-state index contributed by atoms with van der Waals surface area (Å²) in [4.78, 5) is 61.1. The van der Waals surface area contributed by atoms with Gasteiger partial charge in [0.1, 0.15) is 5.82 Å². The van der Waals surface area contributed by atoms with E-state index in [-0.39, 0.29) is 40.1 Å². The molecular weight excluding hydrogens is 583 g/mol. The lowest BCUT2D eigenvalue weighted by molar-refractivity contribution is 0.102. The predicted molar refractivity (Wildman–Crippen MR) is 174 cm³/mol. The van der Waals surface area contributed by atoms with E-state index < -0.39 is 5.78 Å². The summed E-state index contributed by atoms with van der Waals surface area (Å²) in [6, 6.07) is 27.2. The number of fused-ring (bicyclic) bond motifs is 2. The first-order valence-corrected chi connectivity index (χ1v) is 14.3. The Balaban J connectivity index is 0.000000172. The molecule has 0 unspecified atom stereocenters. The highest BCUT2D eigenvalue weighted by Gasteiger charge is 2.18. The van der Waals surface area contributed by atoms with E-state index in [2.05, 4.69) is 15.0 Å². The molecule has 4 aromatic heterocycles. The molecule has 0 fully saturated rings. The van der Waals surface area contributed by atoms with Gasteiger partial charge >= 0.3 is 0 Å². The van der Waals surface area contributed by atoms with Crippen LogP contribution in [0.2, 0.25) is 0 Å². The Kier molecular flexibility index (Phi) is 8.47. The third kappa shape index (κ3) is 6.02. The summed E-state index contributed by atoms with van der Waals surface area (Å²) >= 11 is 0. The van der Waals surface area contributed by atoms with E-state index in [0.29, 0.717) is 33.0 Å². The highest BCUT2D eigenvalue weighted by atomic mass is 19.1. The van der Waals surface area contributed by atoms with Gasteiger partial charge in [-0.3, -0.25) is 29.1 Å². The molecule has 9 heteroatoms. The van der Waals surface area contributed by atoms with Gasteiger partial charge in [-0.25, -0.2) is 4.39 Å². The number of hydrogen-bond donors (Lipinski definition) is 1. The summed E-state index contributed by atoms with van der Waals surface area (Å²) in [5.41, 5.74) is 2.15. The van der Waals surface area contributed by atoms with Crippen LogP contribution in [0.15, 0.2) is 144 Å². The van der Waals surface area contributed by atoms with Crippen LogP contribution in [0.5, 0.6) is 0 Å². The monoisotopic (exact) mass is 608 g/mol. The van der Waals surface area contributed by atoms with Gasteiger partial charge in [0, 0.05) is 70.2 Å². The summed E-state index contributed by atoms with van der Waals surface area (Å²) in [6.45, 7) is 0.209. The SMILES string of the molecule is O=C(c1cccnc1)c1c[nH]c2ccccc2c1=O.O=C(c1cccnc1)c1cn(Cc2ccccc2F)c2ccccc2c1=O. The number of ketones is 2. The van der Waals surface area contributed by atoms with Crippen molar-refractivity contribution in [2.75, 3.05) is 0 Å². The molecule has 0 aliphatic heterocycles. The fourth-order valence-electron chi connectivity index (χ4n) is 5.09. The molecule has 8 nitrogen and oxygen atoms in total. The lowest BCUT2D eigenvalue weighted by Gasteiger charge is -2.14. The van der Waals surface area contributed by atoms with Gasteiger partial charge in [-0.05, 0) is 54.6 Å². The smallest absolute Gasteiger partial charge is 0.200 e. The number of nitrogens with one attached hydrogen (secondary N) is 1. The van der Waals surface area contributed by atoms with Gasteiger partial charge in [0.05, 0.1) is 23.2 Å². The second-order valence-corrected chi connectivity index (χ2v) is 10.3. The van der Waals surface area contributed by atoms with Crippen molar-refractivity contribution in [3.63, 3.8) is 0 Å². The van der Waals surface area contributed by atoms with E-state index in [0.717, 1.165) is 5.52 Å². The van der Waals surface area contributed by atoms with E-state index in [4.69, 9.17) is 0 Å². The molecule has 4 heterocycles. The number of rotatable bonds is 6. The number of benzene rings is 3. The minimum absolute atomic E-state index is 0.0399. The molecule has 3 aromatic carbocycles. The second kappa shape index (κ2) is 13.1. The number of aromatic amines is 1. The van der Waals surface area contributed by atoms with Gasteiger partial charge in [-0.2, -0.15) is 0 Å². The number of hydrogen-bond acceptors (Lipinski definition) is 6. The number of para-hydroxylation sites is 2. The topological polar surface area (TPSA) is 115 Å². The number of nitrogens with zero attached hydrogens (tertiary/aromatic N) is 3. The molecule has 7 aromatic rings. The maximum Gasteiger partial charge on any atom is 0.200 e. The summed E-state index contributed by atoms with van der Waals surface area (Å²) in [5, 5.41) is 0.931. The van der Waals surface area contributed by atoms with Gasteiger partial charge in [-0.15, -0.1) is 0 Å². The zero-order valence-corrected chi connectivity index (χ0v) is 24.3. The third-order valence-corrected chi connectivity index (χ3v) is 7.41. The van der Waals surface area contributed by atoms with Crippen molar-refractivity contribution in [1.29, 1.82) is 0 Å². The van der Waals surface area contributed by atoms with Gasteiger partial charge < -0.3 is 9.55 Å². The van der Waals surface area contributed by atoms with Gasteiger partial charge in [0.15, 0.2) is 11.6 Å². The van der Waals surface area contributed by atoms with Crippen molar-refractivity contribution in [2.24, 2.45) is 0 Å². The number of H-pyrrole nitrogens is 1. The van der Waals surface area contributed by atoms with Crippen LogP contribution in [0.4, 0.5) is 4.39 Å². The third-order valence-electron chi connectivity index (χ3n) is 7.41. The summed E-state index contributed by atoms with van der Waals surface area (Å²) < 4.78 is 15.9. The van der Waals surface area contributed by atoms with Crippen molar-refractivity contribution >= 4 is 33.4 Å². The molecule has 0 aliphatic rings. The number of carbonyl (C=O) groups excluding carboxylic acids is 2. The van der Waals surface area contributed by atoms with Gasteiger partial charge in [0.2, 0.25) is 10.9 Å². The molecule has 1 N–H and O–H groups in total. The van der Waals surface area contributed by atoms with Crippen LogP contribution in [0.25, 0.3) is 21.8 Å². The van der Waals surface area contributed by atoms with E-state index >= 15 is 0 Å². The van der Waals surface area contributed by atoms with Crippen molar-refractivity contribution in [2.45, 2.75) is 6.54 Å². The quantitative estimate of drug-likeness (QED) is 0.233. The highest BCUT2D eigenvalue weighted by molar-refractivity contribution is 6.10. The number of carbonyl (C=O) groups is 2. The number of pyridine rings is 4. The Morgan fingerprint density at radius 3 is 1.93 bits per heavy atom. The zero-order valence-electron chi connectivity index (χ0n) is 24.3. The first kappa shape index (κ1) is 29.7. The molecule has 0 spiro atoms. The minimum Gasteiger partial charge on any atom is -0.360 e. The largest absolute Gasteiger partial charge is 0.360 e. The van der Waals surface area contributed by atoms with Gasteiger partial charge in [-0.1, -0.05) is 42.5 Å². The fourth-order valence-corrected chi connectivity index (χ4v) is 5.09. The standard InChI is InChI=1S/C22H15FN2O2.C15H10N2O2/c23-19-9-3-1-6-16(19)13-25-14-18(21(26)15-7-5-11-24-12-15)22(27)17-8-2-4-10-20(17)25;18-14(10-4-3-7-16-8-10)12-9-17-13-6-2-1-5-11(13)15(12)19/h1-12,14H,13H2;1-9H,(H,17,19). The van der Waals surface area contributed by atoms with Crippen LogP contribution >= 0.6 is 0 Å². The molecule has 0 bridgehead atoms. The average Bonchev–Trinajstić information content (AvgIpc) is 3.11. The van der Waals surface area contributed by atoms with Crippen LogP contribution in [0.1, 0.15) is 37.4 Å². The van der Waals surface area contributed by atoms with Crippen LogP contribution in [-0.4, -0.2) is 31.1 Å². The summed E-state index contributed by atoms with van der Waals surface area (Å²) in [7, 11) is 0. The zero-order chi connectivity index (χ0) is 32.0. The Morgan fingerprint density at radius 1 is 0.674 bits per heavy atom. The normalized spacial score (nSPS) is 10.7. The van der Waals surface area contributed by atoms with Crippen LogP contribution in [0.3, 0.4) is 0 Å². The lowest BCUT2D eigenvalue weighted by Crippen LogP contribution is -2.20. The minimum atomic E-state index is -0.402. The van der Waals surface area contributed by atoms with Crippen LogP contribution < -0.4 is 10.9 Å². The van der Waals surface area contributed by atoms with Crippen LogP contribution in [-0.2, 0) is 6.54 Å². The molecule has 0 saturated carbocycles. The number of halogens is 1. The van der Waals surface area contributed by atoms with Crippen molar-refractivity contribution in [3.05, 3.63) is 188 Å². The first-order valence-electron chi connectivity index (χ1n) is 14.3. The molecular formula is C37H25FN4O4. The van der Waals surface area contributed by atoms with E-state index in [1.54, 1.807) is 95.8 Å². The second-order valence-electron chi connectivity index (χ2n) is 10.3. The summed E-state index contributed by atoms with van der Waals surface area (Å²) in [5.74, 6) is -1.05. The van der Waals surface area contributed by atoms with E-state index in [1.165, 1.54) is 30.9 Å². The first-order chi connectivity index (χ1) is 22.4. The van der Waals surface area contributed by atoms with Crippen molar-refractivity contribution in [1.82, 2.24) is 19.5 Å². The highest BCUT2D eigenvalue weighted by Crippen LogP contribution is 2.17. The Bertz CT molecular complexity index is 2340. The number of aromatic nitrogens is 4. The van der Waals surface area contributed by atoms with Gasteiger partial charge in [0.25, 0.3) is 0 Å².